The summed E-state index contributed by atoms with van der Waals surface area (Å²) >= 11 is 1.70. The minimum Gasteiger partial charge on any atom is -0.363 e. The van der Waals surface area contributed by atoms with Gasteiger partial charge in [0.2, 0.25) is 0 Å². The number of nitro groups is 1. The van der Waals surface area contributed by atoms with Gasteiger partial charge in [0.25, 0.3) is 5.69 Å². The Balaban J connectivity index is 1.83. The maximum absolute atomic E-state index is 13.4. The van der Waals surface area contributed by atoms with Gasteiger partial charge in [0.15, 0.2) is 0 Å². The van der Waals surface area contributed by atoms with Crippen LogP contribution in [0.15, 0.2) is 41.4 Å². The van der Waals surface area contributed by atoms with Crippen LogP contribution in [0.2, 0.25) is 0 Å². The van der Waals surface area contributed by atoms with Crippen molar-refractivity contribution in [1.82, 2.24) is 4.98 Å². The van der Waals surface area contributed by atoms with Crippen molar-refractivity contribution < 1.29 is 9.31 Å². The third-order valence-corrected chi connectivity index (χ3v) is 4.41. The number of anilines is 1. The van der Waals surface area contributed by atoms with Crippen molar-refractivity contribution in [3.05, 3.63) is 58.0 Å². The normalized spacial score (nSPS) is 17.1. The van der Waals surface area contributed by atoms with E-state index >= 15 is 0 Å². The van der Waals surface area contributed by atoms with Gasteiger partial charge in [0.05, 0.1) is 11.0 Å². The first-order valence-corrected chi connectivity index (χ1v) is 7.41. The molecule has 1 N–H and O–H groups in total. The molecule has 108 valence electrons. The molecule has 1 aliphatic rings. The molecule has 0 spiro atoms. The van der Waals surface area contributed by atoms with Gasteiger partial charge in [-0.1, -0.05) is 0 Å². The molecule has 0 radical (unpaired) electrons. The summed E-state index contributed by atoms with van der Waals surface area (Å²) in [5.41, 5.74) is 0.859. The average Bonchev–Trinajstić information content (AvgIpc) is 2.48. The zero-order chi connectivity index (χ0) is 14.8. The minimum absolute atomic E-state index is 0.0362. The van der Waals surface area contributed by atoms with Crippen LogP contribution in [0.1, 0.15) is 18.0 Å². The van der Waals surface area contributed by atoms with E-state index in [1.165, 1.54) is 24.4 Å². The number of aromatic nitrogens is 1. The Hall–Kier alpha value is -2.15. The molecule has 7 heteroatoms. The van der Waals surface area contributed by atoms with Gasteiger partial charge in [0.1, 0.15) is 17.8 Å². The number of nitrogens with zero attached hydrogens (tertiary/aromatic N) is 2. The smallest absolute Gasteiger partial charge is 0.287 e. The van der Waals surface area contributed by atoms with E-state index in [4.69, 9.17) is 0 Å². The van der Waals surface area contributed by atoms with Crippen LogP contribution in [0.25, 0.3) is 0 Å². The van der Waals surface area contributed by atoms with Gasteiger partial charge in [-0.2, -0.15) is 0 Å². The van der Waals surface area contributed by atoms with Crippen molar-refractivity contribution >= 4 is 23.3 Å². The van der Waals surface area contributed by atoms with E-state index in [1.807, 2.05) is 0 Å². The van der Waals surface area contributed by atoms with Crippen molar-refractivity contribution in [3.63, 3.8) is 0 Å². The molecule has 0 aliphatic carbocycles. The molecule has 0 amide bonds. The SMILES string of the molecule is O=[N+]([O-])c1ccc(NC2CCSc3ccc(F)cc32)nc1. The van der Waals surface area contributed by atoms with E-state index < -0.39 is 4.92 Å². The number of benzene rings is 1. The number of thioether (sulfide) groups is 1. The second-order valence-corrected chi connectivity index (χ2v) is 5.81. The summed E-state index contributed by atoms with van der Waals surface area (Å²) in [5, 5.41) is 13.8. The fraction of sp³-hybridized carbons (Fsp3) is 0.214. The molecule has 0 fully saturated rings. The van der Waals surface area contributed by atoms with Crippen LogP contribution in [-0.4, -0.2) is 15.7 Å². The predicted molar refractivity (Wildman–Crippen MR) is 79.0 cm³/mol. The van der Waals surface area contributed by atoms with Crippen molar-refractivity contribution in [3.8, 4) is 0 Å². The second kappa shape index (κ2) is 5.69. The molecule has 1 aliphatic heterocycles. The van der Waals surface area contributed by atoms with Crippen LogP contribution in [0.4, 0.5) is 15.9 Å². The highest BCUT2D eigenvalue weighted by molar-refractivity contribution is 7.99. The van der Waals surface area contributed by atoms with E-state index in [9.17, 15) is 14.5 Å². The summed E-state index contributed by atoms with van der Waals surface area (Å²) < 4.78 is 13.4. The van der Waals surface area contributed by atoms with Gasteiger partial charge in [-0.05, 0) is 36.2 Å². The van der Waals surface area contributed by atoms with Crippen LogP contribution in [0.3, 0.4) is 0 Å². The van der Waals surface area contributed by atoms with Gasteiger partial charge < -0.3 is 5.32 Å². The number of fused-ring (bicyclic) bond motifs is 1. The van der Waals surface area contributed by atoms with E-state index in [2.05, 4.69) is 10.3 Å². The molecule has 1 atom stereocenters. The molecule has 0 saturated heterocycles. The van der Waals surface area contributed by atoms with Gasteiger partial charge >= 0.3 is 0 Å². The first-order valence-electron chi connectivity index (χ1n) is 6.43. The lowest BCUT2D eigenvalue weighted by Crippen LogP contribution is -2.17. The van der Waals surface area contributed by atoms with Crippen molar-refractivity contribution in [1.29, 1.82) is 0 Å². The molecule has 21 heavy (non-hydrogen) atoms. The Kier molecular flexibility index (Phi) is 3.74. The van der Waals surface area contributed by atoms with Crippen LogP contribution in [0, 0.1) is 15.9 Å². The molecular weight excluding hydrogens is 293 g/mol. The predicted octanol–water partition coefficient (Wildman–Crippen LogP) is 3.78. The molecular formula is C14H12FN3O2S. The lowest BCUT2D eigenvalue weighted by molar-refractivity contribution is -0.385. The van der Waals surface area contributed by atoms with Crippen molar-refractivity contribution in [2.24, 2.45) is 0 Å². The van der Waals surface area contributed by atoms with E-state index in [-0.39, 0.29) is 17.5 Å². The van der Waals surface area contributed by atoms with E-state index in [0.29, 0.717) is 5.82 Å². The molecule has 0 saturated carbocycles. The topological polar surface area (TPSA) is 68.1 Å². The van der Waals surface area contributed by atoms with Crippen LogP contribution < -0.4 is 5.32 Å². The third kappa shape index (κ3) is 2.97. The molecule has 2 heterocycles. The highest BCUT2D eigenvalue weighted by Crippen LogP contribution is 2.38. The number of rotatable bonds is 3. The highest BCUT2D eigenvalue weighted by Gasteiger charge is 2.21. The van der Waals surface area contributed by atoms with Gasteiger partial charge in [-0.25, -0.2) is 9.37 Å². The minimum atomic E-state index is -0.487. The summed E-state index contributed by atoms with van der Waals surface area (Å²) in [6.07, 6.45) is 2.06. The Bertz CT molecular complexity index is 678. The van der Waals surface area contributed by atoms with Crippen LogP contribution in [-0.2, 0) is 0 Å². The zero-order valence-corrected chi connectivity index (χ0v) is 11.8. The summed E-state index contributed by atoms with van der Waals surface area (Å²) in [6, 6.07) is 7.71. The molecule has 1 aromatic carbocycles. The monoisotopic (exact) mass is 305 g/mol. The largest absolute Gasteiger partial charge is 0.363 e. The first-order chi connectivity index (χ1) is 10.1. The maximum atomic E-state index is 13.4. The lowest BCUT2D eigenvalue weighted by Gasteiger charge is -2.26. The quantitative estimate of drug-likeness (QED) is 0.690. The first kappa shape index (κ1) is 13.8. The van der Waals surface area contributed by atoms with Crippen LogP contribution in [0.5, 0.6) is 0 Å². The third-order valence-electron chi connectivity index (χ3n) is 3.29. The summed E-state index contributed by atoms with van der Waals surface area (Å²) in [4.78, 5) is 15.2. The number of hydrogen-bond acceptors (Lipinski definition) is 5. The molecule has 0 bridgehead atoms. The maximum Gasteiger partial charge on any atom is 0.287 e. The molecule has 3 rings (SSSR count). The highest BCUT2D eigenvalue weighted by atomic mass is 32.2. The number of halogens is 1. The van der Waals surface area contributed by atoms with Gasteiger partial charge in [-0.15, -0.1) is 11.8 Å². The fourth-order valence-electron chi connectivity index (χ4n) is 2.27. The second-order valence-electron chi connectivity index (χ2n) is 4.67. The van der Waals surface area contributed by atoms with Gasteiger partial charge in [-0.3, -0.25) is 10.1 Å². The van der Waals surface area contributed by atoms with E-state index in [0.717, 1.165) is 22.6 Å². The molecule has 1 unspecified atom stereocenters. The number of hydrogen-bond donors (Lipinski definition) is 1. The number of nitrogens with one attached hydrogen (secondary N) is 1. The summed E-state index contributed by atoms with van der Waals surface area (Å²) in [6.45, 7) is 0. The Morgan fingerprint density at radius 1 is 1.38 bits per heavy atom. The average molecular weight is 305 g/mol. The Labute approximate surface area is 124 Å². The van der Waals surface area contributed by atoms with Crippen LogP contribution >= 0.6 is 11.8 Å². The summed E-state index contributed by atoms with van der Waals surface area (Å²) in [7, 11) is 0. The van der Waals surface area contributed by atoms with Gasteiger partial charge in [0, 0.05) is 16.7 Å². The van der Waals surface area contributed by atoms with Crippen molar-refractivity contribution in [2.45, 2.75) is 17.4 Å². The van der Waals surface area contributed by atoms with Crippen molar-refractivity contribution in [2.75, 3.05) is 11.1 Å². The Morgan fingerprint density at radius 2 is 2.24 bits per heavy atom. The standard InChI is InChI=1S/C14H12FN3O2S/c15-9-1-3-13-11(7-9)12(5-6-21-13)17-14-4-2-10(8-16-14)18(19)20/h1-4,7-8,12H,5-6H2,(H,16,17). The number of pyridine rings is 1. The summed E-state index contributed by atoms with van der Waals surface area (Å²) in [5.74, 6) is 1.22. The molecule has 2 aromatic rings. The van der Waals surface area contributed by atoms with E-state index in [1.54, 1.807) is 23.9 Å². The molecule has 1 aromatic heterocycles. The molecule has 5 nitrogen and oxygen atoms in total. The zero-order valence-electron chi connectivity index (χ0n) is 11.0. The Morgan fingerprint density at radius 3 is 2.95 bits per heavy atom. The fourth-order valence-corrected chi connectivity index (χ4v) is 3.38. The lowest BCUT2D eigenvalue weighted by atomic mass is 10.0.